The molecule has 1 aromatic heterocycles. The highest BCUT2D eigenvalue weighted by Gasteiger charge is 2.25. The summed E-state index contributed by atoms with van der Waals surface area (Å²) in [6.07, 6.45) is 3.78. The number of urea groups is 1. The van der Waals surface area contributed by atoms with Crippen LogP contribution < -0.4 is 10.6 Å². The number of aromatic nitrogens is 1. The Bertz CT molecular complexity index is 1290. The first-order valence-corrected chi connectivity index (χ1v) is 14.0. The summed E-state index contributed by atoms with van der Waals surface area (Å²) in [5.74, 6) is 0.369. The minimum atomic E-state index is -0.145. The fraction of sp³-hybridized carbons (Fsp3) is 0.294. The van der Waals surface area contributed by atoms with Gasteiger partial charge in [0.2, 0.25) is 0 Å². The number of pyridine rings is 1. The SMILES string of the molecule is Cc1cc(NC(=O)N[C@H]2CCN(CCC(c3ccccc3)c3ccccc3)C2)cc(CCc2ccccc2)n1. The van der Waals surface area contributed by atoms with Crippen molar-refractivity contribution in [2.45, 2.75) is 44.6 Å². The van der Waals surface area contributed by atoms with Crippen molar-refractivity contribution >= 4 is 11.7 Å². The van der Waals surface area contributed by atoms with Crippen molar-refractivity contribution in [1.82, 2.24) is 15.2 Å². The molecule has 0 bridgehead atoms. The maximum atomic E-state index is 12.9. The van der Waals surface area contributed by atoms with Gasteiger partial charge in [-0.2, -0.15) is 0 Å². The third-order valence-corrected chi connectivity index (χ3v) is 7.52. The zero-order valence-corrected chi connectivity index (χ0v) is 22.7. The lowest BCUT2D eigenvalue weighted by atomic mass is 9.88. The molecule has 0 radical (unpaired) electrons. The Morgan fingerprint density at radius 2 is 1.54 bits per heavy atom. The van der Waals surface area contributed by atoms with Crippen molar-refractivity contribution < 1.29 is 4.79 Å². The molecule has 5 nitrogen and oxygen atoms in total. The van der Waals surface area contributed by atoms with Crippen LogP contribution in [0.25, 0.3) is 0 Å². The molecule has 2 amide bonds. The Kier molecular flexibility index (Phi) is 9.02. The predicted octanol–water partition coefficient (Wildman–Crippen LogP) is 6.59. The summed E-state index contributed by atoms with van der Waals surface area (Å²) in [4.78, 5) is 20.0. The molecule has 3 aromatic carbocycles. The van der Waals surface area contributed by atoms with Gasteiger partial charge in [-0.1, -0.05) is 91.0 Å². The number of rotatable bonds is 10. The van der Waals surface area contributed by atoms with Crippen molar-refractivity contribution in [1.29, 1.82) is 0 Å². The summed E-state index contributed by atoms with van der Waals surface area (Å²) in [5, 5.41) is 6.24. The maximum Gasteiger partial charge on any atom is 0.319 e. The van der Waals surface area contributed by atoms with Gasteiger partial charge in [0.1, 0.15) is 0 Å². The molecule has 2 N–H and O–H groups in total. The summed E-state index contributed by atoms with van der Waals surface area (Å²) in [6.45, 7) is 4.85. The smallest absolute Gasteiger partial charge is 0.319 e. The van der Waals surface area contributed by atoms with Crippen LogP contribution in [0.5, 0.6) is 0 Å². The van der Waals surface area contributed by atoms with E-state index in [0.717, 1.165) is 62.4 Å². The highest BCUT2D eigenvalue weighted by Crippen LogP contribution is 2.28. The van der Waals surface area contributed by atoms with Crippen LogP contribution in [0, 0.1) is 6.92 Å². The lowest BCUT2D eigenvalue weighted by molar-refractivity contribution is 0.247. The van der Waals surface area contributed by atoms with Crippen LogP contribution >= 0.6 is 0 Å². The number of nitrogens with one attached hydrogen (secondary N) is 2. The molecule has 2 heterocycles. The first kappa shape index (κ1) is 26.6. The Morgan fingerprint density at radius 1 is 0.897 bits per heavy atom. The molecule has 5 heteroatoms. The first-order chi connectivity index (χ1) is 19.1. The molecule has 0 saturated carbocycles. The number of amides is 2. The molecule has 1 aliphatic heterocycles. The third-order valence-electron chi connectivity index (χ3n) is 7.52. The van der Waals surface area contributed by atoms with Gasteiger partial charge >= 0.3 is 6.03 Å². The Hall–Kier alpha value is -3.96. The standard InChI is InChI=1S/C34H38N4O/c1-26-23-32(24-30(35-26)18-17-27-11-5-2-6-12-27)37-34(39)36-31-19-21-38(25-31)22-20-33(28-13-7-3-8-14-28)29-15-9-4-10-16-29/h2-16,23-24,31,33H,17-22,25H2,1H3,(H2,35,36,37,39)/t31-/m0/s1. The monoisotopic (exact) mass is 518 g/mol. The number of likely N-dealkylation sites (tertiary alicyclic amines) is 1. The number of aryl methyl sites for hydroxylation is 3. The van der Waals surface area contributed by atoms with Crippen LogP contribution in [0.3, 0.4) is 0 Å². The molecule has 1 saturated heterocycles. The summed E-state index contributed by atoms with van der Waals surface area (Å²) < 4.78 is 0. The number of benzene rings is 3. The van der Waals surface area contributed by atoms with Crippen molar-refractivity contribution in [3.05, 3.63) is 131 Å². The molecule has 4 aromatic rings. The average molecular weight is 519 g/mol. The fourth-order valence-electron chi connectivity index (χ4n) is 5.57. The zero-order chi connectivity index (χ0) is 26.9. The number of carbonyl (C=O) groups excluding carboxylic acids is 1. The average Bonchev–Trinajstić information content (AvgIpc) is 3.40. The fourth-order valence-corrected chi connectivity index (χ4v) is 5.57. The van der Waals surface area contributed by atoms with Crippen molar-refractivity contribution in [2.75, 3.05) is 25.0 Å². The minimum Gasteiger partial charge on any atom is -0.334 e. The lowest BCUT2D eigenvalue weighted by Crippen LogP contribution is -2.40. The number of anilines is 1. The summed E-state index contributed by atoms with van der Waals surface area (Å²) in [6, 6.07) is 35.9. The summed E-state index contributed by atoms with van der Waals surface area (Å²) in [5.41, 5.74) is 6.70. The van der Waals surface area contributed by atoms with Crippen LogP contribution in [-0.4, -0.2) is 41.6 Å². The molecule has 1 fully saturated rings. The number of hydrogen-bond donors (Lipinski definition) is 2. The van der Waals surface area contributed by atoms with E-state index in [1.165, 1.54) is 16.7 Å². The Labute approximate surface area is 232 Å². The van der Waals surface area contributed by atoms with Gasteiger partial charge in [-0.05, 0) is 68.0 Å². The van der Waals surface area contributed by atoms with Gasteiger partial charge in [-0.3, -0.25) is 4.98 Å². The zero-order valence-electron chi connectivity index (χ0n) is 22.7. The largest absolute Gasteiger partial charge is 0.334 e. The number of hydrogen-bond acceptors (Lipinski definition) is 3. The van der Waals surface area contributed by atoms with Gasteiger partial charge < -0.3 is 15.5 Å². The lowest BCUT2D eigenvalue weighted by Gasteiger charge is -2.22. The molecule has 0 unspecified atom stereocenters. The highest BCUT2D eigenvalue weighted by molar-refractivity contribution is 5.89. The Morgan fingerprint density at radius 3 is 2.21 bits per heavy atom. The molecule has 5 rings (SSSR count). The van der Waals surface area contributed by atoms with Crippen LogP contribution in [-0.2, 0) is 12.8 Å². The predicted molar refractivity (Wildman–Crippen MR) is 159 cm³/mol. The number of carbonyl (C=O) groups is 1. The quantitative estimate of drug-likeness (QED) is 0.249. The second-order valence-corrected chi connectivity index (χ2v) is 10.5. The molecule has 39 heavy (non-hydrogen) atoms. The highest BCUT2D eigenvalue weighted by atomic mass is 16.2. The van der Waals surface area contributed by atoms with Gasteiger partial charge in [0.05, 0.1) is 0 Å². The van der Waals surface area contributed by atoms with Crippen molar-refractivity contribution in [3.8, 4) is 0 Å². The van der Waals surface area contributed by atoms with Gasteiger partial charge in [0.25, 0.3) is 0 Å². The van der Waals surface area contributed by atoms with Crippen LogP contribution in [0.1, 0.15) is 46.8 Å². The molecular weight excluding hydrogens is 480 g/mol. The van der Waals surface area contributed by atoms with Crippen LogP contribution in [0.4, 0.5) is 10.5 Å². The Balaban J connectivity index is 1.12. The van der Waals surface area contributed by atoms with E-state index in [1.54, 1.807) is 0 Å². The topological polar surface area (TPSA) is 57.3 Å². The van der Waals surface area contributed by atoms with E-state index in [4.69, 9.17) is 0 Å². The van der Waals surface area contributed by atoms with E-state index >= 15 is 0 Å². The van der Waals surface area contributed by atoms with Crippen LogP contribution in [0.2, 0.25) is 0 Å². The summed E-state index contributed by atoms with van der Waals surface area (Å²) >= 11 is 0. The second-order valence-electron chi connectivity index (χ2n) is 10.5. The van der Waals surface area contributed by atoms with E-state index in [2.05, 4.69) is 105 Å². The summed E-state index contributed by atoms with van der Waals surface area (Å²) in [7, 11) is 0. The van der Waals surface area contributed by atoms with Crippen LogP contribution in [0.15, 0.2) is 103 Å². The van der Waals surface area contributed by atoms with Gasteiger partial charge in [0, 0.05) is 42.1 Å². The molecule has 0 aliphatic carbocycles. The molecule has 200 valence electrons. The van der Waals surface area contributed by atoms with E-state index in [-0.39, 0.29) is 12.1 Å². The van der Waals surface area contributed by atoms with E-state index in [1.807, 2.05) is 25.1 Å². The third kappa shape index (κ3) is 7.78. The van der Waals surface area contributed by atoms with Gasteiger partial charge in [-0.25, -0.2) is 4.79 Å². The molecule has 1 aliphatic rings. The molecule has 1 atom stereocenters. The van der Waals surface area contributed by atoms with E-state index in [0.29, 0.717) is 5.92 Å². The van der Waals surface area contributed by atoms with Crippen molar-refractivity contribution in [3.63, 3.8) is 0 Å². The minimum absolute atomic E-state index is 0.145. The second kappa shape index (κ2) is 13.2. The number of nitrogens with zero attached hydrogens (tertiary/aromatic N) is 2. The maximum absolute atomic E-state index is 12.9. The van der Waals surface area contributed by atoms with E-state index in [9.17, 15) is 4.79 Å². The van der Waals surface area contributed by atoms with Gasteiger partial charge in [0.15, 0.2) is 0 Å². The molecular formula is C34H38N4O. The van der Waals surface area contributed by atoms with Crippen molar-refractivity contribution in [2.24, 2.45) is 0 Å². The van der Waals surface area contributed by atoms with Gasteiger partial charge in [-0.15, -0.1) is 0 Å². The normalized spacial score (nSPS) is 15.4. The first-order valence-electron chi connectivity index (χ1n) is 14.0. The molecule has 0 spiro atoms. The van der Waals surface area contributed by atoms with E-state index < -0.39 is 0 Å².